The van der Waals surface area contributed by atoms with Crippen LogP contribution in [0.25, 0.3) is 82.4 Å². The summed E-state index contributed by atoms with van der Waals surface area (Å²) in [7, 11) is 0. The molecule has 0 fully saturated rings. The molecule has 0 bridgehead atoms. The summed E-state index contributed by atoms with van der Waals surface area (Å²) in [5.41, 5.74) is 8.58. The van der Waals surface area contributed by atoms with Gasteiger partial charge in [0.25, 0.3) is 0 Å². The number of benzene rings is 6. The molecule has 7 heteroatoms. The monoisotopic (exact) mass is 839 g/mol. The Kier molecular flexibility index (Phi) is 5.35. The summed E-state index contributed by atoms with van der Waals surface area (Å²) in [5, 5.41) is 7.06. The van der Waals surface area contributed by atoms with Crippen LogP contribution in [-0.4, -0.2) is 23.1 Å². The van der Waals surface area contributed by atoms with Crippen LogP contribution in [0.4, 0.5) is 0 Å². The molecule has 0 aliphatic rings. The van der Waals surface area contributed by atoms with E-state index in [9.17, 15) is 0 Å². The molecule has 0 aliphatic carbocycles. The van der Waals surface area contributed by atoms with E-state index < -0.39 is 6.98 Å². The number of hydrogen-bond acceptors (Lipinski definition) is 2. The third kappa shape index (κ3) is 4.02. The first-order valence-electron chi connectivity index (χ1n) is 18.1. The first-order valence-corrected chi connectivity index (χ1v) is 17.8. The molecule has 0 aliphatic heterocycles. The minimum atomic E-state index is -2.35. The van der Waals surface area contributed by atoms with Crippen molar-refractivity contribution in [3.63, 3.8) is 0 Å². The fraction of sp³-hybridized carbons (Fsp3) is 0.0455. The number of para-hydroxylation sites is 4. The average molecular weight is 840 g/mol. The molecule has 5 heterocycles. The number of imidazole rings is 1. The van der Waals surface area contributed by atoms with Crippen LogP contribution >= 0.6 is 0 Å². The van der Waals surface area contributed by atoms with Crippen LogP contribution in [0.1, 0.15) is 9.68 Å². The van der Waals surface area contributed by atoms with Crippen molar-refractivity contribution >= 4 is 70.9 Å². The van der Waals surface area contributed by atoms with Crippen molar-refractivity contribution in [2.45, 2.75) is 6.92 Å². The van der Waals surface area contributed by atoms with Crippen LogP contribution in [0.2, 0.25) is 0 Å². The Bertz CT molecular complexity index is 3410. The van der Waals surface area contributed by atoms with Gasteiger partial charge < -0.3 is 4.40 Å². The van der Waals surface area contributed by atoms with Crippen LogP contribution in [-0.2, 0) is 26.3 Å². The molecular formula is C44H27N5OPt-2. The molecule has 51 heavy (non-hydrogen) atoms. The Morgan fingerprint density at radius 3 is 2.24 bits per heavy atom. The fourth-order valence-electron chi connectivity index (χ4n) is 7.88. The predicted molar refractivity (Wildman–Crippen MR) is 201 cm³/mol. The Balaban J connectivity index is 1.11. The van der Waals surface area contributed by atoms with E-state index in [0.29, 0.717) is 26.5 Å². The second-order valence-corrected chi connectivity index (χ2v) is 14.0. The van der Waals surface area contributed by atoms with Crippen molar-refractivity contribution in [3.05, 3.63) is 149 Å². The molecule has 0 atom stereocenters. The van der Waals surface area contributed by atoms with Gasteiger partial charge in [-0.2, -0.15) is 0 Å². The Hall–Kier alpha value is -5.97. The number of fused-ring (bicyclic) bond motifs is 10. The molecule has 0 spiro atoms. The molecule has 6 nitrogen and oxygen atoms in total. The summed E-state index contributed by atoms with van der Waals surface area (Å²) >= 11 is 2.07. The van der Waals surface area contributed by atoms with Crippen molar-refractivity contribution in [3.8, 4) is 23.0 Å². The van der Waals surface area contributed by atoms with Crippen LogP contribution in [0.3, 0.4) is 0 Å². The van der Waals surface area contributed by atoms with E-state index in [1.807, 2.05) is 65.4 Å². The third-order valence-electron chi connectivity index (χ3n) is 10.0. The molecular weight excluding hydrogens is 810 g/mol. The fourth-order valence-corrected chi connectivity index (χ4v) is 8.70. The van der Waals surface area contributed by atoms with Gasteiger partial charge in [0.15, 0.2) is 0 Å². The van der Waals surface area contributed by atoms with Gasteiger partial charge in [0.1, 0.15) is 0 Å². The predicted octanol–water partition coefficient (Wildman–Crippen LogP) is 10.4. The van der Waals surface area contributed by atoms with Crippen molar-refractivity contribution in [1.82, 2.24) is 23.1 Å². The van der Waals surface area contributed by atoms with Crippen LogP contribution in [0.15, 0.2) is 128 Å². The maximum atomic E-state index is 8.21. The van der Waals surface area contributed by atoms with Crippen molar-refractivity contribution in [1.29, 1.82) is 0 Å². The van der Waals surface area contributed by atoms with Gasteiger partial charge in [-0.05, 0) is 24.6 Å². The molecule has 246 valence electrons. The molecule has 0 radical (unpaired) electrons. The number of nitrogens with zero attached hydrogens (tertiary/aromatic N) is 5. The van der Waals surface area contributed by atoms with Crippen LogP contribution < -0.4 is 4.74 Å². The van der Waals surface area contributed by atoms with Gasteiger partial charge in [0.05, 0.1) is 16.6 Å². The zero-order valence-electron chi connectivity index (χ0n) is 30.1. The van der Waals surface area contributed by atoms with Crippen molar-refractivity contribution in [2.24, 2.45) is 6.98 Å². The van der Waals surface area contributed by atoms with Crippen molar-refractivity contribution in [2.75, 3.05) is 0 Å². The molecule has 0 saturated carbocycles. The number of pyridine rings is 1. The number of ether oxygens (including phenoxy) is 1. The number of aromatic nitrogens is 5. The zero-order valence-corrected chi connectivity index (χ0v) is 29.4. The van der Waals surface area contributed by atoms with Crippen LogP contribution in [0, 0.1) is 22.9 Å². The summed E-state index contributed by atoms with van der Waals surface area (Å²) in [6.45, 7) is -0.275. The second kappa shape index (κ2) is 10.5. The summed E-state index contributed by atoms with van der Waals surface area (Å²) in [6.07, 6.45) is 1.84. The number of hydrogen-bond donors (Lipinski definition) is 0. The summed E-state index contributed by atoms with van der Waals surface area (Å²) in [5.74, 6) is 1.80. The van der Waals surface area contributed by atoms with E-state index in [2.05, 4.69) is 114 Å². The first-order chi connectivity index (χ1) is 26.2. The Labute approximate surface area is 306 Å². The zero-order chi connectivity index (χ0) is 36.5. The summed E-state index contributed by atoms with van der Waals surface area (Å²) < 4.78 is 39.5. The van der Waals surface area contributed by atoms with Crippen molar-refractivity contribution < 1.29 is 28.2 Å². The molecule has 11 rings (SSSR count). The Morgan fingerprint density at radius 2 is 1.37 bits per heavy atom. The molecule has 0 saturated heterocycles. The van der Waals surface area contributed by atoms with Crippen LogP contribution in [0.5, 0.6) is 11.5 Å². The van der Waals surface area contributed by atoms with E-state index in [-0.39, 0.29) is 0 Å². The van der Waals surface area contributed by atoms with Gasteiger partial charge in [-0.15, -0.1) is 0 Å². The van der Waals surface area contributed by atoms with E-state index in [0.717, 1.165) is 44.2 Å². The topological polar surface area (TPSA) is 41.3 Å². The molecule has 5 aromatic heterocycles. The molecule has 0 N–H and O–H groups in total. The van der Waals surface area contributed by atoms with E-state index in [4.69, 9.17) is 13.8 Å². The average Bonchev–Trinajstić information content (AvgIpc) is 3.87. The van der Waals surface area contributed by atoms with Gasteiger partial charge in [-0.1, -0.05) is 36.4 Å². The van der Waals surface area contributed by atoms with Gasteiger partial charge >= 0.3 is 198 Å². The first kappa shape index (κ1) is 25.9. The van der Waals surface area contributed by atoms with Gasteiger partial charge in [0.2, 0.25) is 0 Å². The van der Waals surface area contributed by atoms with E-state index in [1.54, 1.807) is 0 Å². The Morgan fingerprint density at radius 1 is 0.627 bits per heavy atom. The normalized spacial score (nSPS) is 13.4. The quantitative estimate of drug-likeness (QED) is 0.166. The van der Waals surface area contributed by atoms with Gasteiger partial charge in [-0.3, -0.25) is 0 Å². The second-order valence-electron chi connectivity index (χ2n) is 13.0. The standard InChI is InChI=1S/C44H27N5O.Pt/c1-27-19-20-45-43(21-27)48-40-23-30(50-29-10-7-9-28(22-29)47-26-46(2)38-15-5-6-16-39(38)47)17-18-32(40)35-24-36-34-13-8-12-33-31-11-3-4-14-37(31)49(44(33)34)42(36)25-41(35)48;/h3-21,24-25H,1-2H3;/q-2;/i2D3;. The number of rotatable bonds is 4. The molecule has 0 unspecified atom stereocenters. The van der Waals surface area contributed by atoms with E-state index in [1.165, 1.54) is 37.1 Å². The summed E-state index contributed by atoms with van der Waals surface area (Å²) in [6, 6.07) is 48.1. The van der Waals surface area contributed by atoms with Gasteiger partial charge in [0, 0.05) is 27.7 Å². The summed E-state index contributed by atoms with van der Waals surface area (Å²) in [4.78, 5) is 4.85. The minimum absolute atomic E-state index is 0.479. The van der Waals surface area contributed by atoms with E-state index >= 15 is 0 Å². The third-order valence-corrected chi connectivity index (χ3v) is 11.1. The number of aryl methyl sites for hydroxylation is 2. The SMILES string of the molecule is [2H]C([2H])([2H])n1[c](=[Pt])n(-c2[c-]c(Oc3[c-]c4c(cc3)c3cc5c6cccc7c8ccccc8n(c5cc3n4-c3cc(C)ccn3)c76)ccc2)c2ccccc21. The molecule has 6 aromatic carbocycles. The van der Waals surface area contributed by atoms with Gasteiger partial charge in [-0.25, -0.2) is 0 Å². The molecule has 0 amide bonds. The maximum absolute atomic E-state index is 8.21. The molecule has 11 aromatic rings.